The Morgan fingerprint density at radius 3 is 2.42 bits per heavy atom. The van der Waals surface area contributed by atoms with Crippen LogP contribution in [0.15, 0.2) is 41.3 Å². The molecule has 0 saturated carbocycles. The van der Waals surface area contributed by atoms with Crippen molar-refractivity contribution in [2.45, 2.75) is 31.2 Å². The number of carbonyl (C=O) groups excluding carboxylic acids is 1. The van der Waals surface area contributed by atoms with Crippen molar-refractivity contribution in [3.05, 3.63) is 36.4 Å². The highest BCUT2D eigenvalue weighted by Crippen LogP contribution is 2.41. The molecule has 0 aliphatic carbocycles. The van der Waals surface area contributed by atoms with Crippen molar-refractivity contribution < 1.29 is 13.2 Å². The predicted molar refractivity (Wildman–Crippen MR) is 106 cm³/mol. The van der Waals surface area contributed by atoms with Crippen LogP contribution in [-0.2, 0) is 14.8 Å². The number of hydrogen-bond donors (Lipinski definition) is 2. The number of carbonyl (C=O) groups is 1. The van der Waals surface area contributed by atoms with E-state index in [1.807, 2.05) is 32.9 Å². The summed E-state index contributed by atoms with van der Waals surface area (Å²) in [5.41, 5.74) is 5.76. The Labute approximate surface area is 160 Å². The van der Waals surface area contributed by atoms with Crippen LogP contribution in [0.1, 0.15) is 20.8 Å². The van der Waals surface area contributed by atoms with Gasteiger partial charge in [-0.05, 0) is 30.4 Å². The van der Waals surface area contributed by atoms with Gasteiger partial charge in [-0.15, -0.1) is 12.4 Å². The molecule has 1 unspecified atom stereocenters. The molecule has 6 nitrogen and oxygen atoms in total. The fraction of sp³-hybridized carbons (Fsp3) is 0.389. The molecule has 1 aliphatic rings. The van der Waals surface area contributed by atoms with Crippen LogP contribution < -0.4 is 15.4 Å². The number of sulfonamides is 1. The van der Waals surface area contributed by atoms with E-state index in [0.29, 0.717) is 11.1 Å². The number of nitrogens with two attached hydrogens (primary N) is 1. The zero-order valence-electron chi connectivity index (χ0n) is 15.0. The SMILES string of the molecule is CC(C)C(C)(CN)NC(=O)CN1c2cccc3cccc(c23)S1(=O)=O.Cl. The summed E-state index contributed by atoms with van der Waals surface area (Å²) in [5.74, 6) is -0.243. The summed E-state index contributed by atoms with van der Waals surface area (Å²) < 4.78 is 27.0. The Balaban J connectivity index is 0.00000243. The molecule has 0 saturated heterocycles. The van der Waals surface area contributed by atoms with Crippen molar-refractivity contribution in [1.82, 2.24) is 5.32 Å². The van der Waals surface area contributed by atoms with Gasteiger partial charge < -0.3 is 11.1 Å². The van der Waals surface area contributed by atoms with E-state index in [4.69, 9.17) is 5.73 Å². The van der Waals surface area contributed by atoms with Gasteiger partial charge in [-0.1, -0.05) is 38.1 Å². The van der Waals surface area contributed by atoms with Gasteiger partial charge >= 0.3 is 0 Å². The first-order valence-corrected chi connectivity index (χ1v) is 9.70. The summed E-state index contributed by atoms with van der Waals surface area (Å²) in [6.45, 7) is 5.81. The van der Waals surface area contributed by atoms with E-state index in [-0.39, 0.29) is 42.2 Å². The minimum Gasteiger partial charge on any atom is -0.348 e. The summed E-state index contributed by atoms with van der Waals surface area (Å²) in [5, 5.41) is 4.41. The second kappa shape index (κ2) is 7.06. The molecule has 8 heteroatoms. The number of rotatable bonds is 5. The van der Waals surface area contributed by atoms with Crippen LogP contribution in [0, 0.1) is 5.92 Å². The number of hydrogen-bond acceptors (Lipinski definition) is 4. The zero-order valence-corrected chi connectivity index (χ0v) is 16.7. The highest BCUT2D eigenvalue weighted by molar-refractivity contribution is 7.93. The van der Waals surface area contributed by atoms with Crippen molar-refractivity contribution >= 4 is 44.8 Å². The lowest BCUT2D eigenvalue weighted by atomic mass is 9.88. The fourth-order valence-corrected chi connectivity index (χ4v) is 4.71. The maximum Gasteiger partial charge on any atom is 0.265 e. The highest BCUT2D eigenvalue weighted by Gasteiger charge is 2.38. The molecule has 2 aromatic rings. The van der Waals surface area contributed by atoms with E-state index in [9.17, 15) is 13.2 Å². The van der Waals surface area contributed by atoms with Crippen molar-refractivity contribution in [3.8, 4) is 0 Å². The zero-order chi connectivity index (χ0) is 18.4. The monoisotopic (exact) mass is 397 g/mol. The lowest BCUT2D eigenvalue weighted by Gasteiger charge is -2.34. The van der Waals surface area contributed by atoms with E-state index in [2.05, 4.69) is 5.32 Å². The van der Waals surface area contributed by atoms with Crippen LogP contribution in [-0.4, -0.2) is 33.0 Å². The van der Waals surface area contributed by atoms with Gasteiger partial charge in [0.25, 0.3) is 10.0 Å². The number of nitrogens with one attached hydrogen (secondary N) is 1. The molecule has 0 aromatic heterocycles. The Morgan fingerprint density at radius 2 is 1.85 bits per heavy atom. The molecule has 1 aliphatic heterocycles. The largest absolute Gasteiger partial charge is 0.348 e. The summed E-state index contributed by atoms with van der Waals surface area (Å²) in [6.07, 6.45) is 0. The van der Waals surface area contributed by atoms with Crippen LogP contribution in [0.4, 0.5) is 5.69 Å². The fourth-order valence-electron chi connectivity index (χ4n) is 3.05. The molecule has 0 radical (unpaired) electrons. The molecular formula is C18H24ClN3O3S. The first-order chi connectivity index (χ1) is 11.7. The smallest absolute Gasteiger partial charge is 0.265 e. The molecule has 142 valence electrons. The van der Waals surface area contributed by atoms with Crippen LogP contribution in [0.5, 0.6) is 0 Å². The maximum atomic E-state index is 12.9. The third-order valence-electron chi connectivity index (χ3n) is 5.09. The first kappa shape index (κ1) is 20.5. The van der Waals surface area contributed by atoms with Crippen molar-refractivity contribution in [2.24, 2.45) is 11.7 Å². The molecule has 0 spiro atoms. The Kier molecular flexibility index (Phi) is 5.56. The van der Waals surface area contributed by atoms with Gasteiger partial charge in [0.05, 0.1) is 16.1 Å². The van der Waals surface area contributed by atoms with Crippen LogP contribution in [0.3, 0.4) is 0 Å². The van der Waals surface area contributed by atoms with Gasteiger partial charge in [0.15, 0.2) is 0 Å². The lowest BCUT2D eigenvalue weighted by Crippen LogP contribution is -2.57. The number of amides is 1. The van der Waals surface area contributed by atoms with Crippen molar-refractivity contribution in [1.29, 1.82) is 0 Å². The summed E-state index contributed by atoms with van der Waals surface area (Å²) in [4.78, 5) is 12.8. The molecule has 0 bridgehead atoms. The van der Waals surface area contributed by atoms with E-state index >= 15 is 0 Å². The van der Waals surface area contributed by atoms with E-state index in [1.54, 1.807) is 24.3 Å². The van der Waals surface area contributed by atoms with Crippen LogP contribution in [0.2, 0.25) is 0 Å². The molecule has 3 rings (SSSR count). The number of benzene rings is 2. The van der Waals surface area contributed by atoms with E-state index in [0.717, 1.165) is 5.39 Å². The quantitative estimate of drug-likeness (QED) is 0.809. The number of halogens is 1. The predicted octanol–water partition coefficient (Wildman–Crippen LogP) is 2.26. The second-order valence-electron chi connectivity index (χ2n) is 6.97. The lowest BCUT2D eigenvalue weighted by molar-refractivity contribution is -0.121. The normalized spacial score (nSPS) is 17.0. The molecule has 26 heavy (non-hydrogen) atoms. The summed E-state index contributed by atoms with van der Waals surface area (Å²) >= 11 is 0. The van der Waals surface area contributed by atoms with Crippen molar-refractivity contribution in [3.63, 3.8) is 0 Å². The minimum atomic E-state index is -3.73. The highest BCUT2D eigenvalue weighted by atomic mass is 35.5. The second-order valence-corrected chi connectivity index (χ2v) is 8.80. The van der Waals surface area contributed by atoms with Gasteiger partial charge in [0, 0.05) is 11.9 Å². The van der Waals surface area contributed by atoms with Crippen molar-refractivity contribution in [2.75, 3.05) is 17.4 Å². The average molecular weight is 398 g/mol. The first-order valence-electron chi connectivity index (χ1n) is 8.26. The van der Waals surface area contributed by atoms with Gasteiger partial charge in [0.2, 0.25) is 5.91 Å². The van der Waals surface area contributed by atoms with E-state index < -0.39 is 15.6 Å². The molecule has 1 amide bonds. The molecular weight excluding hydrogens is 374 g/mol. The summed E-state index contributed by atoms with van der Waals surface area (Å²) in [6, 6.07) is 10.6. The summed E-state index contributed by atoms with van der Waals surface area (Å²) in [7, 11) is -3.73. The third kappa shape index (κ3) is 3.15. The number of nitrogens with zero attached hydrogens (tertiary/aromatic N) is 1. The third-order valence-corrected chi connectivity index (χ3v) is 6.89. The Hall–Kier alpha value is -1.83. The van der Waals surface area contributed by atoms with Crippen LogP contribution >= 0.6 is 12.4 Å². The molecule has 1 atom stereocenters. The molecule has 0 fully saturated rings. The standard InChI is InChI=1S/C18H23N3O3S.ClH/c1-12(2)18(3,11-19)20-16(22)10-21-14-8-4-6-13-7-5-9-15(17(13)14)25(21,23)24;/h4-9,12H,10-11,19H2,1-3H3,(H,20,22);1H. The number of anilines is 1. The molecule has 2 aromatic carbocycles. The Morgan fingerprint density at radius 1 is 1.23 bits per heavy atom. The average Bonchev–Trinajstić information content (AvgIpc) is 2.78. The van der Waals surface area contributed by atoms with Gasteiger partial charge in [0.1, 0.15) is 6.54 Å². The van der Waals surface area contributed by atoms with Gasteiger partial charge in [-0.3, -0.25) is 9.10 Å². The molecule has 3 N–H and O–H groups in total. The van der Waals surface area contributed by atoms with E-state index in [1.165, 1.54) is 4.31 Å². The Bertz CT molecular complexity index is 941. The maximum absolute atomic E-state index is 12.9. The minimum absolute atomic E-state index is 0. The van der Waals surface area contributed by atoms with Crippen LogP contribution in [0.25, 0.3) is 10.8 Å². The molecule has 1 heterocycles. The topological polar surface area (TPSA) is 92.5 Å². The van der Waals surface area contributed by atoms with Gasteiger partial charge in [-0.2, -0.15) is 0 Å². The van der Waals surface area contributed by atoms with Gasteiger partial charge in [-0.25, -0.2) is 8.42 Å².